The molecule has 1 fully saturated rings. The van der Waals surface area contributed by atoms with E-state index in [0.717, 1.165) is 18.4 Å². The molecular weight excluding hydrogens is 247 g/mol. The van der Waals surface area contributed by atoms with Crippen LogP contribution in [0.4, 0.5) is 9.18 Å². The van der Waals surface area contributed by atoms with Crippen LogP contribution in [-0.2, 0) is 11.2 Å². The first kappa shape index (κ1) is 13.5. The summed E-state index contributed by atoms with van der Waals surface area (Å²) in [5, 5.41) is 2.67. The molecule has 102 valence electrons. The van der Waals surface area contributed by atoms with Gasteiger partial charge in [0.2, 0.25) is 0 Å². The van der Waals surface area contributed by atoms with E-state index in [1.807, 2.05) is 6.92 Å². The van der Waals surface area contributed by atoms with Crippen molar-refractivity contribution in [2.45, 2.75) is 32.2 Å². The molecule has 1 heterocycles. The Bertz CT molecular complexity index is 473. The zero-order valence-corrected chi connectivity index (χ0v) is 10.9. The highest BCUT2D eigenvalue weighted by molar-refractivity contribution is 6.04. The second kappa shape index (κ2) is 5.82. The quantitative estimate of drug-likeness (QED) is 0.828. The third kappa shape index (κ3) is 3.10. The third-order valence-corrected chi connectivity index (χ3v) is 3.20. The number of nitrogens with zero attached hydrogens (tertiary/aromatic N) is 1. The Morgan fingerprint density at radius 1 is 1.26 bits per heavy atom. The Morgan fingerprint density at radius 3 is 2.58 bits per heavy atom. The monoisotopic (exact) mass is 264 g/mol. The van der Waals surface area contributed by atoms with Crippen LogP contribution in [0.5, 0.6) is 0 Å². The van der Waals surface area contributed by atoms with Gasteiger partial charge in [-0.25, -0.2) is 9.18 Å². The number of hydrogen-bond acceptors (Lipinski definition) is 2. The van der Waals surface area contributed by atoms with E-state index < -0.39 is 6.04 Å². The molecule has 1 aliphatic rings. The fourth-order valence-electron chi connectivity index (χ4n) is 2.10. The summed E-state index contributed by atoms with van der Waals surface area (Å²) >= 11 is 0. The molecule has 19 heavy (non-hydrogen) atoms. The number of hydrogen-bond donors (Lipinski definition) is 1. The van der Waals surface area contributed by atoms with Crippen molar-refractivity contribution in [3.05, 3.63) is 35.6 Å². The smallest absolute Gasteiger partial charge is 0.324 e. The van der Waals surface area contributed by atoms with Crippen LogP contribution < -0.4 is 5.32 Å². The SMILES string of the molecule is CCCCN1C(=O)NC(Cc2ccc(F)cc2)C1=O. The van der Waals surface area contributed by atoms with Gasteiger partial charge in [0.1, 0.15) is 11.9 Å². The van der Waals surface area contributed by atoms with Gasteiger partial charge < -0.3 is 5.32 Å². The lowest BCUT2D eigenvalue weighted by atomic mass is 10.1. The normalized spacial score (nSPS) is 18.8. The first-order valence-electron chi connectivity index (χ1n) is 6.48. The first-order chi connectivity index (χ1) is 9.11. The molecule has 1 aromatic rings. The van der Waals surface area contributed by atoms with Gasteiger partial charge in [-0.15, -0.1) is 0 Å². The van der Waals surface area contributed by atoms with E-state index >= 15 is 0 Å². The van der Waals surface area contributed by atoms with Gasteiger partial charge in [0.25, 0.3) is 5.91 Å². The Labute approximate surface area is 111 Å². The van der Waals surface area contributed by atoms with Crippen LogP contribution in [-0.4, -0.2) is 29.4 Å². The Morgan fingerprint density at radius 2 is 1.95 bits per heavy atom. The lowest BCUT2D eigenvalue weighted by Crippen LogP contribution is -2.33. The molecule has 0 radical (unpaired) electrons. The van der Waals surface area contributed by atoms with Crippen molar-refractivity contribution >= 4 is 11.9 Å². The van der Waals surface area contributed by atoms with E-state index in [4.69, 9.17) is 0 Å². The summed E-state index contributed by atoms with van der Waals surface area (Å²) in [7, 11) is 0. The molecule has 0 bridgehead atoms. The fourth-order valence-corrected chi connectivity index (χ4v) is 2.10. The van der Waals surface area contributed by atoms with Crippen molar-refractivity contribution < 1.29 is 14.0 Å². The number of unbranched alkanes of at least 4 members (excludes halogenated alkanes) is 1. The average molecular weight is 264 g/mol. The highest BCUT2D eigenvalue weighted by atomic mass is 19.1. The summed E-state index contributed by atoms with van der Waals surface area (Å²) in [5.74, 6) is -0.502. The van der Waals surface area contributed by atoms with Crippen LogP contribution in [0.3, 0.4) is 0 Å². The van der Waals surface area contributed by atoms with Crippen LogP contribution >= 0.6 is 0 Å². The highest BCUT2D eigenvalue weighted by Gasteiger charge is 2.37. The van der Waals surface area contributed by atoms with Gasteiger partial charge in [-0.2, -0.15) is 0 Å². The molecule has 1 N–H and O–H groups in total. The highest BCUT2D eigenvalue weighted by Crippen LogP contribution is 2.13. The van der Waals surface area contributed by atoms with Crippen molar-refractivity contribution in [2.75, 3.05) is 6.54 Å². The molecule has 5 heteroatoms. The van der Waals surface area contributed by atoms with E-state index in [-0.39, 0.29) is 17.8 Å². The second-order valence-corrected chi connectivity index (χ2v) is 4.68. The number of imide groups is 1. The molecule has 0 aliphatic carbocycles. The number of benzene rings is 1. The Balaban J connectivity index is 2.00. The van der Waals surface area contributed by atoms with Gasteiger partial charge in [-0.3, -0.25) is 9.69 Å². The van der Waals surface area contributed by atoms with Crippen molar-refractivity contribution in [2.24, 2.45) is 0 Å². The van der Waals surface area contributed by atoms with E-state index in [9.17, 15) is 14.0 Å². The van der Waals surface area contributed by atoms with Crippen molar-refractivity contribution in [3.8, 4) is 0 Å². The standard InChI is InChI=1S/C14H17FN2O2/c1-2-3-8-17-13(18)12(16-14(17)19)9-10-4-6-11(15)7-5-10/h4-7,12H,2-3,8-9H2,1H3,(H,16,19). The minimum absolute atomic E-state index is 0.192. The van der Waals surface area contributed by atoms with Gasteiger partial charge >= 0.3 is 6.03 Å². The van der Waals surface area contributed by atoms with E-state index in [1.54, 1.807) is 12.1 Å². The van der Waals surface area contributed by atoms with Crippen molar-refractivity contribution in [3.63, 3.8) is 0 Å². The number of carbonyl (C=O) groups is 2. The Hall–Kier alpha value is -1.91. The molecule has 1 atom stereocenters. The molecular formula is C14H17FN2O2. The van der Waals surface area contributed by atoms with Crippen LogP contribution in [0.25, 0.3) is 0 Å². The summed E-state index contributed by atoms with van der Waals surface area (Å²) in [5.41, 5.74) is 0.831. The number of halogens is 1. The molecule has 1 saturated heterocycles. The van der Waals surface area contributed by atoms with Crippen LogP contribution in [0, 0.1) is 5.82 Å². The number of carbonyl (C=O) groups excluding carboxylic acids is 2. The zero-order valence-electron chi connectivity index (χ0n) is 10.9. The van der Waals surface area contributed by atoms with Crippen molar-refractivity contribution in [1.29, 1.82) is 0 Å². The molecule has 2 rings (SSSR count). The predicted molar refractivity (Wildman–Crippen MR) is 69.0 cm³/mol. The topological polar surface area (TPSA) is 49.4 Å². The number of urea groups is 1. The van der Waals surface area contributed by atoms with Crippen molar-refractivity contribution in [1.82, 2.24) is 10.2 Å². The largest absolute Gasteiger partial charge is 0.325 e. The summed E-state index contributed by atoms with van der Waals surface area (Å²) in [6.45, 7) is 2.47. The van der Waals surface area contributed by atoms with E-state index in [0.29, 0.717) is 13.0 Å². The maximum atomic E-state index is 12.8. The maximum absolute atomic E-state index is 12.8. The van der Waals surface area contributed by atoms with Crippen LogP contribution in [0.1, 0.15) is 25.3 Å². The van der Waals surface area contributed by atoms with Gasteiger partial charge in [0, 0.05) is 13.0 Å². The summed E-state index contributed by atoms with van der Waals surface area (Å²) in [4.78, 5) is 25.0. The number of nitrogens with one attached hydrogen (secondary N) is 1. The van der Waals surface area contributed by atoms with Gasteiger partial charge in [0.15, 0.2) is 0 Å². The maximum Gasteiger partial charge on any atom is 0.324 e. The molecule has 1 unspecified atom stereocenters. The summed E-state index contributed by atoms with van der Waals surface area (Å²) < 4.78 is 12.8. The number of amides is 3. The molecule has 4 nitrogen and oxygen atoms in total. The predicted octanol–water partition coefficient (Wildman–Crippen LogP) is 2.09. The Kier molecular flexibility index (Phi) is 4.14. The molecule has 1 aromatic carbocycles. The lowest BCUT2D eigenvalue weighted by Gasteiger charge is -2.12. The van der Waals surface area contributed by atoms with E-state index in [1.165, 1.54) is 17.0 Å². The van der Waals surface area contributed by atoms with Crippen LogP contribution in [0.2, 0.25) is 0 Å². The minimum atomic E-state index is -0.533. The summed E-state index contributed by atoms with van der Waals surface area (Å²) in [6.07, 6.45) is 2.13. The first-order valence-corrected chi connectivity index (χ1v) is 6.48. The van der Waals surface area contributed by atoms with Gasteiger partial charge in [0.05, 0.1) is 0 Å². The second-order valence-electron chi connectivity index (χ2n) is 4.68. The zero-order chi connectivity index (χ0) is 13.8. The minimum Gasteiger partial charge on any atom is -0.325 e. The van der Waals surface area contributed by atoms with Gasteiger partial charge in [-0.1, -0.05) is 25.5 Å². The van der Waals surface area contributed by atoms with E-state index in [2.05, 4.69) is 5.32 Å². The molecule has 0 saturated carbocycles. The van der Waals surface area contributed by atoms with Crippen LogP contribution in [0.15, 0.2) is 24.3 Å². The molecule has 0 spiro atoms. The average Bonchev–Trinajstić information content (AvgIpc) is 2.65. The van der Waals surface area contributed by atoms with Gasteiger partial charge in [-0.05, 0) is 24.1 Å². The number of rotatable bonds is 5. The fraction of sp³-hybridized carbons (Fsp3) is 0.429. The molecule has 1 aliphatic heterocycles. The molecule has 3 amide bonds. The lowest BCUT2D eigenvalue weighted by molar-refractivity contribution is -0.127. The summed E-state index contributed by atoms with van der Waals surface area (Å²) in [6, 6.07) is 5.10. The molecule has 0 aromatic heterocycles. The third-order valence-electron chi connectivity index (χ3n) is 3.20.